The van der Waals surface area contributed by atoms with E-state index in [0.29, 0.717) is 0 Å². The van der Waals surface area contributed by atoms with Crippen molar-refractivity contribution in [1.29, 1.82) is 0 Å². The Morgan fingerprint density at radius 3 is 1.17 bits per heavy atom. The van der Waals surface area contributed by atoms with Crippen LogP contribution in [-0.4, -0.2) is 85.7 Å². The van der Waals surface area contributed by atoms with Crippen LogP contribution in [0.2, 0.25) is 0 Å². The zero-order valence-corrected chi connectivity index (χ0v) is 16.2. The third-order valence-corrected chi connectivity index (χ3v) is 4.51. The highest BCUT2D eigenvalue weighted by atomic mass is 19.4. The first-order valence-electron chi connectivity index (χ1n) is 8.40. The Balaban J connectivity index is 3.54. The van der Waals surface area contributed by atoms with Gasteiger partial charge in [0, 0.05) is 0 Å². The molecule has 36 heavy (non-hydrogen) atoms. The van der Waals surface area contributed by atoms with Gasteiger partial charge in [0.1, 0.15) is 12.7 Å². The molecule has 2 nitrogen and oxygen atoms in total. The quantitative estimate of drug-likeness (QED) is 0.184. The molecule has 22 heteroatoms. The topological polar surface area (TPSA) is 21.8 Å². The van der Waals surface area contributed by atoms with Gasteiger partial charge >= 0.3 is 59.7 Å². The largest absolute Gasteiger partial charge is 0.385 e. The molecule has 0 aliphatic carbocycles. The van der Waals surface area contributed by atoms with Crippen molar-refractivity contribution in [2.75, 3.05) is 19.8 Å². The van der Waals surface area contributed by atoms with E-state index in [0.717, 1.165) is 0 Å². The lowest BCUT2D eigenvalue weighted by molar-refractivity contribution is -0.466. The van der Waals surface area contributed by atoms with Crippen LogP contribution >= 0.6 is 0 Å². The molecule has 1 saturated heterocycles. The lowest BCUT2D eigenvalue weighted by atomic mass is 9.86. The van der Waals surface area contributed by atoms with E-state index in [1.807, 2.05) is 0 Å². The molecular weight excluding hydrogens is 580 g/mol. The van der Waals surface area contributed by atoms with Crippen LogP contribution in [0.15, 0.2) is 0 Å². The zero-order valence-electron chi connectivity index (χ0n) is 16.2. The van der Waals surface area contributed by atoms with E-state index in [4.69, 9.17) is 0 Å². The van der Waals surface area contributed by atoms with Crippen molar-refractivity contribution in [3.05, 3.63) is 0 Å². The van der Waals surface area contributed by atoms with Gasteiger partial charge in [0.15, 0.2) is 0 Å². The normalized spacial score (nSPS) is 19.8. The predicted molar refractivity (Wildman–Crippen MR) is 71.1 cm³/mol. The van der Waals surface area contributed by atoms with Gasteiger partial charge in [-0.1, -0.05) is 0 Å². The van der Waals surface area contributed by atoms with Crippen molar-refractivity contribution in [3.8, 4) is 0 Å². The molecule has 1 rings (SSSR count). The maximum Gasteiger partial charge on any atom is 0.385 e. The Kier molecular flexibility index (Phi) is 7.94. The molecule has 1 aliphatic rings. The Morgan fingerprint density at radius 1 is 0.556 bits per heavy atom. The molecule has 1 heterocycles. The highest BCUT2D eigenvalue weighted by Gasteiger charge is 2.96. The summed E-state index contributed by atoms with van der Waals surface area (Å²) in [4.78, 5) is 0. The molecule has 1 aliphatic heterocycles. The number of halogens is 20. The molecule has 0 N–H and O–H groups in total. The van der Waals surface area contributed by atoms with Gasteiger partial charge in [0.25, 0.3) is 0 Å². The van der Waals surface area contributed by atoms with Crippen LogP contribution in [0.4, 0.5) is 87.8 Å². The first-order chi connectivity index (χ1) is 15.5. The van der Waals surface area contributed by atoms with E-state index in [9.17, 15) is 87.8 Å². The highest BCUT2D eigenvalue weighted by Crippen LogP contribution is 2.65. The van der Waals surface area contributed by atoms with E-state index in [2.05, 4.69) is 9.47 Å². The summed E-state index contributed by atoms with van der Waals surface area (Å²) in [5.74, 6) is -75.0. The van der Waals surface area contributed by atoms with Crippen LogP contribution in [0.5, 0.6) is 0 Å². The molecule has 0 amide bonds. The average molecular weight is 588 g/mol. The standard InChI is InChI=1S/C14H8F20O2/c15-5(16)7(19,20)9(23,24)11(27,28)13(31,32)14(33,34)12(29,30)10(25,26)8(21,22)6(17,18)3-35-1-4-2-36-4/h4-5H,1-3H2. The SMILES string of the molecule is FC(F)C(F)(F)C(F)(F)C(F)(F)C(F)(F)C(F)(F)C(F)(F)C(F)(F)C(F)(F)C(F)(F)COCC1CO1. The van der Waals surface area contributed by atoms with E-state index < -0.39 is 79.0 Å². The monoisotopic (exact) mass is 588 g/mol. The lowest BCUT2D eigenvalue weighted by Crippen LogP contribution is -2.76. The molecule has 0 radical (unpaired) electrons. The molecule has 0 spiro atoms. The van der Waals surface area contributed by atoms with E-state index in [-0.39, 0.29) is 6.61 Å². The summed E-state index contributed by atoms with van der Waals surface area (Å²) >= 11 is 0. The molecule has 0 bridgehead atoms. The van der Waals surface area contributed by atoms with Crippen molar-refractivity contribution in [1.82, 2.24) is 0 Å². The fourth-order valence-corrected chi connectivity index (χ4v) is 2.14. The predicted octanol–water partition coefficient (Wildman–Crippen LogP) is 6.38. The number of rotatable bonds is 13. The third kappa shape index (κ3) is 4.32. The molecule has 216 valence electrons. The second-order valence-corrected chi connectivity index (χ2v) is 7.12. The number of hydrogen-bond donors (Lipinski definition) is 0. The smallest absolute Gasteiger partial charge is 0.372 e. The van der Waals surface area contributed by atoms with Crippen LogP contribution < -0.4 is 0 Å². The highest BCUT2D eigenvalue weighted by molar-refractivity contribution is 5.17. The summed E-state index contributed by atoms with van der Waals surface area (Å²) in [5.41, 5.74) is 0. The number of ether oxygens (including phenoxy) is 2. The second-order valence-electron chi connectivity index (χ2n) is 7.12. The van der Waals surface area contributed by atoms with Crippen molar-refractivity contribution < 1.29 is 97.3 Å². The van der Waals surface area contributed by atoms with Gasteiger partial charge in [-0.3, -0.25) is 0 Å². The first kappa shape index (κ1) is 32.5. The van der Waals surface area contributed by atoms with Crippen molar-refractivity contribution in [2.24, 2.45) is 0 Å². The summed E-state index contributed by atoms with van der Waals surface area (Å²) in [5, 5.41) is 0. The minimum absolute atomic E-state index is 0.263. The third-order valence-electron chi connectivity index (χ3n) is 4.51. The van der Waals surface area contributed by atoms with Gasteiger partial charge in [-0.15, -0.1) is 0 Å². The minimum atomic E-state index is -9.00. The van der Waals surface area contributed by atoms with Gasteiger partial charge in [-0.2, -0.15) is 79.0 Å². The van der Waals surface area contributed by atoms with Crippen molar-refractivity contribution in [2.45, 2.75) is 65.8 Å². The number of alkyl halides is 20. The Hall–Kier alpha value is -1.48. The van der Waals surface area contributed by atoms with Gasteiger partial charge in [-0.05, 0) is 0 Å². The van der Waals surface area contributed by atoms with E-state index >= 15 is 0 Å². The Labute approximate surface area is 184 Å². The maximum absolute atomic E-state index is 13.6. The summed E-state index contributed by atoms with van der Waals surface area (Å²) in [7, 11) is 0. The van der Waals surface area contributed by atoms with Crippen molar-refractivity contribution >= 4 is 0 Å². The molecule has 1 fully saturated rings. The molecular formula is C14H8F20O2. The minimum Gasteiger partial charge on any atom is -0.372 e. The van der Waals surface area contributed by atoms with Gasteiger partial charge in [0.05, 0.1) is 13.2 Å². The number of epoxide rings is 1. The maximum atomic E-state index is 13.6. The van der Waals surface area contributed by atoms with Crippen LogP contribution in [0.25, 0.3) is 0 Å². The van der Waals surface area contributed by atoms with Gasteiger partial charge in [-0.25, -0.2) is 8.78 Å². The van der Waals surface area contributed by atoms with Gasteiger partial charge < -0.3 is 9.47 Å². The van der Waals surface area contributed by atoms with Gasteiger partial charge in [0.2, 0.25) is 0 Å². The fourth-order valence-electron chi connectivity index (χ4n) is 2.14. The van der Waals surface area contributed by atoms with Crippen LogP contribution in [0, 0.1) is 0 Å². The zero-order chi connectivity index (χ0) is 29.2. The van der Waals surface area contributed by atoms with E-state index in [1.54, 1.807) is 0 Å². The Morgan fingerprint density at radius 2 is 0.861 bits per heavy atom. The molecule has 0 aromatic carbocycles. The lowest BCUT2D eigenvalue weighted by Gasteiger charge is -2.44. The van der Waals surface area contributed by atoms with Crippen LogP contribution in [0.1, 0.15) is 0 Å². The van der Waals surface area contributed by atoms with E-state index in [1.165, 1.54) is 0 Å². The summed E-state index contributed by atoms with van der Waals surface area (Å²) in [6.45, 7) is -4.40. The summed E-state index contributed by atoms with van der Waals surface area (Å²) in [6.07, 6.45) is -7.18. The van der Waals surface area contributed by atoms with Crippen LogP contribution in [0.3, 0.4) is 0 Å². The average Bonchev–Trinajstić information content (AvgIpc) is 3.50. The second kappa shape index (κ2) is 8.79. The molecule has 0 aromatic rings. The molecule has 1 unspecified atom stereocenters. The summed E-state index contributed by atoms with van der Waals surface area (Å²) in [6, 6.07) is 0. The Bertz CT molecular complexity index is 785. The van der Waals surface area contributed by atoms with Crippen molar-refractivity contribution in [3.63, 3.8) is 0 Å². The molecule has 0 aromatic heterocycles. The summed E-state index contributed by atoms with van der Waals surface area (Å²) < 4.78 is 272. The fraction of sp³-hybridized carbons (Fsp3) is 1.00. The molecule has 1 atom stereocenters. The number of hydrogen-bond acceptors (Lipinski definition) is 2. The molecule has 0 saturated carbocycles. The van der Waals surface area contributed by atoms with Crippen LogP contribution in [-0.2, 0) is 9.47 Å². The first-order valence-corrected chi connectivity index (χ1v) is 8.40.